The minimum atomic E-state index is -0.468. The Morgan fingerprint density at radius 2 is 1.80 bits per heavy atom. The van der Waals surface area contributed by atoms with Crippen LogP contribution >= 0.6 is 23.4 Å². The van der Waals surface area contributed by atoms with Crippen LogP contribution < -0.4 is 10.2 Å². The zero-order valence-electron chi connectivity index (χ0n) is 16.8. The fourth-order valence-electron chi connectivity index (χ4n) is 5.17. The lowest BCUT2D eigenvalue weighted by Gasteiger charge is -2.49. The van der Waals surface area contributed by atoms with Crippen LogP contribution in [-0.2, 0) is 15.0 Å². The zero-order chi connectivity index (χ0) is 21.4. The summed E-state index contributed by atoms with van der Waals surface area (Å²) < 4.78 is 0. The lowest BCUT2D eigenvalue weighted by atomic mass is 9.65. The van der Waals surface area contributed by atoms with E-state index in [1.54, 1.807) is 0 Å². The van der Waals surface area contributed by atoms with Crippen LogP contribution in [0.5, 0.6) is 0 Å². The highest BCUT2D eigenvalue weighted by atomic mass is 35.5. The standard InChI is InChI=1S/C23H20ClN3O2S/c1-22(2)11-23(3,12-7-9-13(24)10-8-12)15-6-4-5-14-16(20(29)27(22)17(14)15)18-19(28)26-21(25)30-18/h4-10H,11H2,1-3H3,(H2,25,26,28). The van der Waals surface area contributed by atoms with Crippen LogP contribution in [0.25, 0.3) is 5.57 Å². The van der Waals surface area contributed by atoms with Crippen LogP contribution in [0.4, 0.5) is 5.69 Å². The fourth-order valence-corrected chi connectivity index (χ4v) is 6.09. The largest absolute Gasteiger partial charge is 0.302 e. The number of anilines is 1. The lowest BCUT2D eigenvalue weighted by Crippen LogP contribution is -2.54. The first-order chi connectivity index (χ1) is 14.1. The van der Waals surface area contributed by atoms with E-state index in [4.69, 9.17) is 17.0 Å². The Hall–Kier alpha value is -2.57. The number of nitrogens with one attached hydrogen (secondary N) is 2. The van der Waals surface area contributed by atoms with Gasteiger partial charge in [-0.05, 0) is 55.3 Å². The molecular weight excluding hydrogens is 418 g/mol. The van der Waals surface area contributed by atoms with Crippen molar-refractivity contribution in [3.05, 3.63) is 69.1 Å². The molecule has 0 spiro atoms. The smallest absolute Gasteiger partial charge is 0.264 e. The second-order valence-electron chi connectivity index (χ2n) is 8.76. The molecule has 2 aromatic rings. The summed E-state index contributed by atoms with van der Waals surface area (Å²) in [5, 5.41) is 11.0. The molecule has 1 atom stereocenters. The van der Waals surface area contributed by atoms with E-state index in [1.165, 1.54) is 0 Å². The van der Waals surface area contributed by atoms with Gasteiger partial charge in [0.2, 0.25) is 0 Å². The van der Waals surface area contributed by atoms with Crippen molar-refractivity contribution in [2.24, 2.45) is 0 Å². The molecule has 152 valence electrons. The molecule has 2 aromatic carbocycles. The number of benzene rings is 2. The van der Waals surface area contributed by atoms with E-state index in [0.717, 1.165) is 40.6 Å². The number of halogens is 1. The van der Waals surface area contributed by atoms with Crippen LogP contribution in [0.15, 0.2) is 47.4 Å². The SMILES string of the molecule is CC1(c2ccc(Cl)cc2)CC(C)(C)N2C(=O)C(=C3SC(=N)NC3=O)c3cccc1c32. The summed E-state index contributed by atoms with van der Waals surface area (Å²) in [4.78, 5) is 28.2. The van der Waals surface area contributed by atoms with Crippen LogP contribution in [0, 0.1) is 5.41 Å². The van der Waals surface area contributed by atoms with Crippen molar-refractivity contribution in [3.8, 4) is 0 Å². The molecule has 1 fully saturated rings. The number of hydrogen-bond acceptors (Lipinski definition) is 4. The molecule has 0 radical (unpaired) electrons. The number of hydrogen-bond donors (Lipinski definition) is 2. The van der Waals surface area contributed by atoms with Gasteiger partial charge in [-0.3, -0.25) is 15.0 Å². The molecule has 2 amide bonds. The third-order valence-corrected chi connectivity index (χ3v) is 7.43. The summed E-state index contributed by atoms with van der Waals surface area (Å²) in [6.07, 6.45) is 0.724. The van der Waals surface area contributed by atoms with E-state index in [2.05, 4.69) is 32.2 Å². The Balaban J connectivity index is 1.80. The number of thioether (sulfide) groups is 1. The molecule has 1 saturated heterocycles. The Morgan fingerprint density at radius 1 is 1.10 bits per heavy atom. The highest BCUT2D eigenvalue weighted by Gasteiger charge is 2.53. The average molecular weight is 438 g/mol. The molecule has 0 aliphatic carbocycles. The highest BCUT2D eigenvalue weighted by Crippen LogP contribution is 2.57. The van der Waals surface area contributed by atoms with Gasteiger partial charge in [-0.25, -0.2) is 0 Å². The maximum atomic E-state index is 13.6. The summed E-state index contributed by atoms with van der Waals surface area (Å²) in [6, 6.07) is 13.8. The van der Waals surface area contributed by atoms with Crippen molar-refractivity contribution >= 4 is 51.6 Å². The van der Waals surface area contributed by atoms with E-state index in [0.29, 0.717) is 15.5 Å². The van der Waals surface area contributed by atoms with Crippen LogP contribution in [0.3, 0.4) is 0 Å². The summed E-state index contributed by atoms with van der Waals surface area (Å²) in [5.41, 5.74) is 3.42. The van der Waals surface area contributed by atoms with E-state index in [9.17, 15) is 9.59 Å². The Bertz CT molecular complexity index is 1190. The van der Waals surface area contributed by atoms with Gasteiger partial charge in [0.25, 0.3) is 11.8 Å². The molecule has 3 aliphatic rings. The quantitative estimate of drug-likeness (QED) is 0.636. The first-order valence-corrected chi connectivity index (χ1v) is 10.9. The van der Waals surface area contributed by atoms with Gasteiger partial charge in [-0.2, -0.15) is 0 Å². The normalized spacial score (nSPS) is 26.8. The summed E-state index contributed by atoms with van der Waals surface area (Å²) in [5.74, 6) is -0.558. The predicted molar refractivity (Wildman–Crippen MR) is 121 cm³/mol. The first kappa shape index (κ1) is 19.4. The van der Waals surface area contributed by atoms with Gasteiger partial charge in [-0.1, -0.05) is 48.9 Å². The van der Waals surface area contributed by atoms with Crippen LogP contribution in [-0.4, -0.2) is 22.5 Å². The molecule has 0 bridgehead atoms. The molecule has 5 nitrogen and oxygen atoms in total. The number of para-hydroxylation sites is 1. The molecule has 3 heterocycles. The maximum Gasteiger partial charge on any atom is 0.264 e. The molecule has 5 rings (SSSR count). The molecule has 0 saturated carbocycles. The van der Waals surface area contributed by atoms with E-state index >= 15 is 0 Å². The van der Waals surface area contributed by atoms with Crippen LogP contribution in [0.2, 0.25) is 5.02 Å². The number of nitrogens with zero attached hydrogens (tertiary/aromatic N) is 1. The molecule has 30 heavy (non-hydrogen) atoms. The van der Waals surface area contributed by atoms with Gasteiger partial charge >= 0.3 is 0 Å². The lowest BCUT2D eigenvalue weighted by molar-refractivity contribution is -0.116. The van der Waals surface area contributed by atoms with Gasteiger partial charge in [0.1, 0.15) is 0 Å². The molecular formula is C23H20ClN3O2S. The Morgan fingerprint density at radius 3 is 2.43 bits per heavy atom. The van der Waals surface area contributed by atoms with E-state index in [1.807, 2.05) is 41.3 Å². The average Bonchev–Trinajstić information content (AvgIpc) is 3.15. The van der Waals surface area contributed by atoms with Gasteiger partial charge in [-0.15, -0.1) is 0 Å². The second-order valence-corrected chi connectivity index (χ2v) is 10.2. The molecule has 2 N–H and O–H groups in total. The third-order valence-electron chi connectivity index (χ3n) is 6.28. The highest BCUT2D eigenvalue weighted by molar-refractivity contribution is 8.18. The summed E-state index contributed by atoms with van der Waals surface area (Å²) in [7, 11) is 0. The number of amides is 2. The summed E-state index contributed by atoms with van der Waals surface area (Å²) in [6.45, 7) is 6.33. The number of rotatable bonds is 1. The van der Waals surface area contributed by atoms with Crippen molar-refractivity contribution in [2.75, 3.05) is 4.90 Å². The second kappa shape index (κ2) is 6.22. The Labute approximate surface area is 184 Å². The van der Waals surface area contributed by atoms with E-state index in [-0.39, 0.29) is 22.4 Å². The zero-order valence-corrected chi connectivity index (χ0v) is 18.4. The first-order valence-electron chi connectivity index (χ1n) is 9.70. The molecule has 0 aromatic heterocycles. The molecule has 1 unspecified atom stereocenters. The van der Waals surface area contributed by atoms with Crippen molar-refractivity contribution in [1.82, 2.24) is 5.32 Å². The summed E-state index contributed by atoms with van der Waals surface area (Å²) >= 11 is 7.15. The minimum Gasteiger partial charge on any atom is -0.302 e. The predicted octanol–water partition coefficient (Wildman–Crippen LogP) is 4.68. The van der Waals surface area contributed by atoms with Crippen molar-refractivity contribution in [2.45, 2.75) is 38.1 Å². The monoisotopic (exact) mass is 437 g/mol. The third kappa shape index (κ3) is 2.53. The molecule has 3 aliphatic heterocycles. The van der Waals surface area contributed by atoms with Crippen molar-refractivity contribution in [1.29, 1.82) is 5.41 Å². The Kier molecular flexibility index (Phi) is 4.02. The van der Waals surface area contributed by atoms with Crippen molar-refractivity contribution in [3.63, 3.8) is 0 Å². The van der Waals surface area contributed by atoms with Crippen LogP contribution in [0.1, 0.15) is 43.9 Å². The number of carbonyl (C=O) groups is 2. The number of carbonyl (C=O) groups excluding carboxylic acids is 2. The fraction of sp³-hybridized carbons (Fsp3) is 0.261. The van der Waals surface area contributed by atoms with E-state index < -0.39 is 5.54 Å². The topological polar surface area (TPSA) is 73.3 Å². The van der Waals surface area contributed by atoms with Gasteiger partial charge in [0.15, 0.2) is 5.17 Å². The molecule has 7 heteroatoms. The maximum absolute atomic E-state index is 13.6. The van der Waals surface area contributed by atoms with Gasteiger partial charge in [0.05, 0.1) is 16.2 Å². The number of amidine groups is 1. The minimum absolute atomic E-state index is 0.0478. The van der Waals surface area contributed by atoms with Gasteiger partial charge < -0.3 is 10.2 Å². The van der Waals surface area contributed by atoms with Gasteiger partial charge in [0, 0.05) is 21.5 Å². The van der Waals surface area contributed by atoms with Crippen molar-refractivity contribution < 1.29 is 9.59 Å².